The molecule has 88 valence electrons. The summed E-state index contributed by atoms with van der Waals surface area (Å²) in [5, 5.41) is 8.61. The molecule has 1 heterocycles. The first-order valence-corrected chi connectivity index (χ1v) is 4.98. The molecular weight excluding hydrogens is 235 g/mol. The van der Waals surface area contributed by atoms with E-state index in [2.05, 4.69) is 21.8 Å². The van der Waals surface area contributed by atoms with Gasteiger partial charge in [0.2, 0.25) is 5.82 Å². The Labute approximate surface area is 102 Å². The van der Waals surface area contributed by atoms with Crippen molar-refractivity contribution in [1.82, 2.24) is 9.97 Å². The van der Waals surface area contributed by atoms with Crippen LogP contribution in [0.1, 0.15) is 21.7 Å². The monoisotopic (exact) mass is 242 g/mol. The molecule has 0 atom stereocenters. The maximum Gasteiger partial charge on any atom is 0.373 e. The minimum Gasteiger partial charge on any atom is -0.475 e. The summed E-state index contributed by atoms with van der Waals surface area (Å²) >= 11 is 0. The molecule has 0 spiro atoms. The largest absolute Gasteiger partial charge is 0.475 e. The highest BCUT2D eigenvalue weighted by Gasteiger charge is 2.04. The Kier molecular flexibility index (Phi) is 3.30. The van der Waals surface area contributed by atoms with Crippen LogP contribution in [0.3, 0.4) is 0 Å². The van der Waals surface area contributed by atoms with Crippen LogP contribution in [0, 0.1) is 17.7 Å². The molecule has 0 saturated heterocycles. The molecule has 2 rings (SSSR count). The summed E-state index contributed by atoms with van der Waals surface area (Å²) in [6, 6.07) is 5.86. The number of hydrogen-bond donors (Lipinski definition) is 1. The maximum atomic E-state index is 12.9. The van der Waals surface area contributed by atoms with Crippen LogP contribution in [0.2, 0.25) is 0 Å². The zero-order valence-electron chi connectivity index (χ0n) is 9.09. The van der Waals surface area contributed by atoms with Crippen molar-refractivity contribution in [2.45, 2.75) is 0 Å². The van der Waals surface area contributed by atoms with Crippen LogP contribution >= 0.6 is 0 Å². The topological polar surface area (TPSA) is 63.1 Å². The molecular formula is C13H7FN2O2. The summed E-state index contributed by atoms with van der Waals surface area (Å²) in [4.78, 5) is 17.8. The van der Waals surface area contributed by atoms with E-state index in [0.29, 0.717) is 11.1 Å². The third-order valence-electron chi connectivity index (χ3n) is 2.02. The van der Waals surface area contributed by atoms with Gasteiger partial charge < -0.3 is 5.11 Å². The summed E-state index contributed by atoms with van der Waals surface area (Å²) < 4.78 is 12.9. The molecule has 2 aromatic rings. The van der Waals surface area contributed by atoms with E-state index in [4.69, 9.17) is 5.11 Å². The number of aromatic carboxylic acids is 1. The smallest absolute Gasteiger partial charge is 0.373 e. The van der Waals surface area contributed by atoms with Crippen LogP contribution in [0.4, 0.5) is 4.39 Å². The second-order valence-corrected chi connectivity index (χ2v) is 3.36. The second kappa shape index (κ2) is 5.06. The number of nitrogens with zero attached hydrogens (tertiary/aromatic N) is 2. The Morgan fingerprint density at radius 1 is 1.17 bits per heavy atom. The molecule has 1 aromatic carbocycles. The van der Waals surface area contributed by atoms with Gasteiger partial charge in [-0.25, -0.2) is 19.2 Å². The Bertz CT molecular complexity index is 642. The first-order valence-electron chi connectivity index (χ1n) is 4.98. The van der Waals surface area contributed by atoms with Crippen LogP contribution in [-0.4, -0.2) is 21.0 Å². The number of rotatable bonds is 1. The highest BCUT2D eigenvalue weighted by Crippen LogP contribution is 2.02. The number of carbonyl (C=O) groups is 1. The molecule has 1 N–H and O–H groups in total. The highest BCUT2D eigenvalue weighted by atomic mass is 19.1. The predicted octanol–water partition coefficient (Wildman–Crippen LogP) is 1.71. The maximum absolute atomic E-state index is 12.9. The lowest BCUT2D eigenvalue weighted by Crippen LogP contribution is -2.03. The summed E-state index contributed by atoms with van der Waals surface area (Å²) in [6.07, 6.45) is 2.62. The first kappa shape index (κ1) is 11.7. The molecule has 18 heavy (non-hydrogen) atoms. The summed E-state index contributed by atoms with van der Waals surface area (Å²) in [6.45, 7) is 0. The van der Waals surface area contributed by atoms with Crippen molar-refractivity contribution in [1.29, 1.82) is 0 Å². The SMILES string of the molecule is O=C(O)c1ncc(C#Cc2cccc(F)c2)cn1. The van der Waals surface area contributed by atoms with E-state index in [-0.39, 0.29) is 11.6 Å². The first-order chi connectivity index (χ1) is 8.65. The molecule has 0 aliphatic rings. The second-order valence-electron chi connectivity index (χ2n) is 3.36. The van der Waals surface area contributed by atoms with E-state index in [1.54, 1.807) is 12.1 Å². The molecule has 0 aliphatic carbocycles. The van der Waals surface area contributed by atoms with E-state index in [1.807, 2.05) is 0 Å². The number of carboxylic acid groups (broad SMARTS) is 1. The van der Waals surface area contributed by atoms with Gasteiger partial charge in [0, 0.05) is 18.0 Å². The van der Waals surface area contributed by atoms with Crippen LogP contribution in [0.15, 0.2) is 36.7 Å². The highest BCUT2D eigenvalue weighted by molar-refractivity contribution is 5.82. The number of aromatic nitrogens is 2. The van der Waals surface area contributed by atoms with Gasteiger partial charge in [-0.3, -0.25) is 0 Å². The minimum absolute atomic E-state index is 0.286. The van der Waals surface area contributed by atoms with Crippen LogP contribution in [-0.2, 0) is 0 Å². The zero-order valence-corrected chi connectivity index (χ0v) is 9.09. The fourth-order valence-corrected chi connectivity index (χ4v) is 1.21. The van der Waals surface area contributed by atoms with Gasteiger partial charge in [0.1, 0.15) is 5.82 Å². The summed E-state index contributed by atoms with van der Waals surface area (Å²) in [5.41, 5.74) is 0.988. The fraction of sp³-hybridized carbons (Fsp3) is 0. The van der Waals surface area contributed by atoms with Gasteiger partial charge in [-0.2, -0.15) is 0 Å². The number of halogens is 1. The lowest BCUT2D eigenvalue weighted by atomic mass is 10.2. The quantitative estimate of drug-likeness (QED) is 0.773. The minimum atomic E-state index is -1.19. The van der Waals surface area contributed by atoms with Gasteiger partial charge in [-0.1, -0.05) is 17.9 Å². The third-order valence-corrected chi connectivity index (χ3v) is 2.02. The lowest BCUT2D eigenvalue weighted by Gasteiger charge is -1.92. The third kappa shape index (κ3) is 2.89. The number of carboxylic acids is 1. The van der Waals surface area contributed by atoms with Gasteiger partial charge in [0.25, 0.3) is 0 Å². The molecule has 4 nitrogen and oxygen atoms in total. The Morgan fingerprint density at radius 3 is 2.44 bits per heavy atom. The van der Waals surface area contributed by atoms with Gasteiger partial charge in [-0.15, -0.1) is 0 Å². The molecule has 0 amide bonds. The van der Waals surface area contributed by atoms with Crippen molar-refractivity contribution in [3.63, 3.8) is 0 Å². The van der Waals surface area contributed by atoms with Crippen molar-refractivity contribution >= 4 is 5.97 Å². The fourth-order valence-electron chi connectivity index (χ4n) is 1.21. The summed E-state index contributed by atoms with van der Waals surface area (Å²) in [7, 11) is 0. The van der Waals surface area contributed by atoms with E-state index < -0.39 is 5.97 Å². The standard InChI is InChI=1S/C13H7FN2O2/c14-11-3-1-2-9(6-11)4-5-10-7-15-12(13(17)18)16-8-10/h1-3,6-8H,(H,17,18). The normalized spacial score (nSPS) is 9.39. The number of hydrogen-bond acceptors (Lipinski definition) is 3. The van der Waals surface area contributed by atoms with E-state index in [9.17, 15) is 9.18 Å². The van der Waals surface area contributed by atoms with Crippen molar-refractivity contribution in [2.75, 3.05) is 0 Å². The van der Waals surface area contributed by atoms with Gasteiger partial charge in [-0.05, 0) is 18.2 Å². The molecule has 0 aliphatic heterocycles. The van der Waals surface area contributed by atoms with Gasteiger partial charge in [0.15, 0.2) is 0 Å². The molecule has 0 radical (unpaired) electrons. The molecule has 0 fully saturated rings. The Morgan fingerprint density at radius 2 is 1.83 bits per heavy atom. The summed E-state index contributed by atoms with van der Waals surface area (Å²) in [5.74, 6) is 3.61. The van der Waals surface area contributed by atoms with Gasteiger partial charge in [0.05, 0.1) is 5.56 Å². The predicted molar refractivity (Wildman–Crippen MR) is 61.4 cm³/mol. The average molecular weight is 242 g/mol. The Balaban J connectivity index is 2.22. The molecule has 0 bridgehead atoms. The van der Waals surface area contributed by atoms with E-state index in [1.165, 1.54) is 24.5 Å². The average Bonchev–Trinajstić information content (AvgIpc) is 2.37. The molecule has 5 heteroatoms. The van der Waals surface area contributed by atoms with Crippen LogP contribution in [0.25, 0.3) is 0 Å². The molecule has 0 saturated carbocycles. The van der Waals surface area contributed by atoms with Crippen molar-refractivity contribution in [3.05, 3.63) is 59.4 Å². The van der Waals surface area contributed by atoms with Crippen molar-refractivity contribution < 1.29 is 14.3 Å². The molecule has 0 unspecified atom stereocenters. The Hall–Kier alpha value is -2.74. The van der Waals surface area contributed by atoms with Gasteiger partial charge >= 0.3 is 5.97 Å². The zero-order chi connectivity index (χ0) is 13.0. The van der Waals surface area contributed by atoms with Crippen LogP contribution in [0.5, 0.6) is 0 Å². The van der Waals surface area contributed by atoms with E-state index >= 15 is 0 Å². The van der Waals surface area contributed by atoms with Crippen molar-refractivity contribution in [2.24, 2.45) is 0 Å². The lowest BCUT2D eigenvalue weighted by molar-refractivity contribution is 0.0683. The van der Waals surface area contributed by atoms with E-state index in [0.717, 1.165) is 0 Å². The van der Waals surface area contributed by atoms with Crippen molar-refractivity contribution in [3.8, 4) is 11.8 Å². The number of benzene rings is 1. The van der Waals surface area contributed by atoms with Crippen LogP contribution < -0.4 is 0 Å². The molecule has 1 aromatic heterocycles.